The van der Waals surface area contributed by atoms with Gasteiger partial charge in [-0.3, -0.25) is 9.88 Å². The molecule has 0 aliphatic heterocycles. The fourth-order valence-corrected chi connectivity index (χ4v) is 2.61. The van der Waals surface area contributed by atoms with Gasteiger partial charge in [-0.2, -0.15) is 0 Å². The summed E-state index contributed by atoms with van der Waals surface area (Å²) < 4.78 is 0. The summed E-state index contributed by atoms with van der Waals surface area (Å²) in [7, 11) is 0. The van der Waals surface area contributed by atoms with Crippen LogP contribution in [0.5, 0.6) is 0 Å². The summed E-state index contributed by atoms with van der Waals surface area (Å²) in [5.74, 6) is 0. The van der Waals surface area contributed by atoms with Crippen LogP contribution in [0.15, 0.2) is 24.5 Å². The predicted octanol–water partition coefficient (Wildman–Crippen LogP) is 1.32. The van der Waals surface area contributed by atoms with Crippen LogP contribution in [0.25, 0.3) is 0 Å². The van der Waals surface area contributed by atoms with E-state index in [0.29, 0.717) is 12.6 Å². The number of hydrogen-bond acceptors (Lipinski definition) is 4. The zero-order valence-corrected chi connectivity index (χ0v) is 10.8. The van der Waals surface area contributed by atoms with Gasteiger partial charge < -0.3 is 10.8 Å². The fourth-order valence-electron chi connectivity index (χ4n) is 2.61. The van der Waals surface area contributed by atoms with Gasteiger partial charge >= 0.3 is 0 Å². The normalized spacial score (nSPS) is 17.7. The third-order valence-corrected chi connectivity index (χ3v) is 3.83. The summed E-state index contributed by atoms with van der Waals surface area (Å²) in [4.78, 5) is 6.53. The van der Waals surface area contributed by atoms with Crippen LogP contribution >= 0.6 is 0 Å². The first-order valence-corrected chi connectivity index (χ1v) is 6.83. The standard InChI is InChI=1S/C14H23N3O/c15-11-14(12-5-7-16-8-6-12)17(9-2-10-18)13-3-1-4-13/h5-8,13-14,18H,1-4,9-11,15H2. The summed E-state index contributed by atoms with van der Waals surface area (Å²) in [5.41, 5.74) is 7.20. The average molecular weight is 249 g/mol. The van der Waals surface area contributed by atoms with Crippen LogP contribution in [0.2, 0.25) is 0 Å². The number of aliphatic hydroxyl groups is 1. The largest absolute Gasteiger partial charge is 0.396 e. The van der Waals surface area contributed by atoms with Crippen LogP contribution in [0, 0.1) is 0 Å². The first-order valence-electron chi connectivity index (χ1n) is 6.83. The third kappa shape index (κ3) is 3.07. The molecule has 1 unspecified atom stereocenters. The van der Waals surface area contributed by atoms with E-state index in [-0.39, 0.29) is 12.6 Å². The summed E-state index contributed by atoms with van der Waals surface area (Å²) >= 11 is 0. The van der Waals surface area contributed by atoms with Crippen molar-refractivity contribution in [3.8, 4) is 0 Å². The fraction of sp³-hybridized carbons (Fsp3) is 0.643. The van der Waals surface area contributed by atoms with Gasteiger partial charge in [0.05, 0.1) is 0 Å². The van der Waals surface area contributed by atoms with Gasteiger partial charge in [0.1, 0.15) is 0 Å². The summed E-state index contributed by atoms with van der Waals surface area (Å²) in [6, 6.07) is 4.98. The number of aliphatic hydroxyl groups excluding tert-OH is 1. The van der Waals surface area contributed by atoms with Crippen molar-refractivity contribution in [3.63, 3.8) is 0 Å². The number of pyridine rings is 1. The Morgan fingerprint density at radius 3 is 2.61 bits per heavy atom. The topological polar surface area (TPSA) is 62.4 Å². The van der Waals surface area contributed by atoms with Gasteiger partial charge in [-0.05, 0) is 37.0 Å². The van der Waals surface area contributed by atoms with Crippen LogP contribution < -0.4 is 5.73 Å². The molecule has 4 nitrogen and oxygen atoms in total. The second kappa shape index (κ2) is 6.83. The first kappa shape index (κ1) is 13.5. The molecule has 1 saturated carbocycles. The quantitative estimate of drug-likeness (QED) is 0.765. The number of rotatable bonds is 7. The molecular weight excluding hydrogens is 226 g/mol. The van der Waals surface area contributed by atoms with Crippen molar-refractivity contribution >= 4 is 0 Å². The van der Waals surface area contributed by atoms with Gasteiger partial charge in [0.15, 0.2) is 0 Å². The molecule has 1 aliphatic rings. The minimum atomic E-state index is 0.247. The molecule has 2 rings (SSSR count). The number of nitrogens with zero attached hydrogens (tertiary/aromatic N) is 2. The Bertz CT molecular complexity index is 340. The summed E-state index contributed by atoms with van der Waals surface area (Å²) in [5, 5.41) is 9.04. The van der Waals surface area contributed by atoms with Crippen molar-refractivity contribution < 1.29 is 5.11 Å². The van der Waals surface area contributed by atoms with Gasteiger partial charge in [0, 0.05) is 44.2 Å². The smallest absolute Gasteiger partial charge is 0.0474 e. The van der Waals surface area contributed by atoms with Gasteiger partial charge in [-0.15, -0.1) is 0 Å². The molecule has 4 heteroatoms. The Morgan fingerprint density at radius 2 is 2.11 bits per heavy atom. The molecule has 100 valence electrons. The SMILES string of the molecule is NCC(c1ccncc1)N(CCCO)C1CCC1. The Balaban J connectivity index is 2.10. The molecule has 0 saturated heterocycles. The minimum absolute atomic E-state index is 0.247. The molecule has 0 amide bonds. The van der Waals surface area contributed by atoms with E-state index in [2.05, 4.69) is 9.88 Å². The summed E-state index contributed by atoms with van der Waals surface area (Å²) in [6.45, 7) is 1.79. The van der Waals surface area contributed by atoms with Crippen molar-refractivity contribution in [2.24, 2.45) is 5.73 Å². The number of nitrogens with two attached hydrogens (primary N) is 1. The van der Waals surface area contributed by atoms with E-state index < -0.39 is 0 Å². The van der Waals surface area contributed by atoms with Crippen LogP contribution in [0.3, 0.4) is 0 Å². The van der Waals surface area contributed by atoms with Gasteiger partial charge in [0.25, 0.3) is 0 Å². The van der Waals surface area contributed by atoms with E-state index >= 15 is 0 Å². The Labute approximate surface area is 109 Å². The number of aromatic nitrogens is 1. The van der Waals surface area contributed by atoms with E-state index in [0.717, 1.165) is 13.0 Å². The van der Waals surface area contributed by atoms with Gasteiger partial charge in [0.2, 0.25) is 0 Å². The van der Waals surface area contributed by atoms with Crippen LogP contribution in [0.4, 0.5) is 0 Å². The van der Waals surface area contributed by atoms with E-state index in [9.17, 15) is 0 Å². The van der Waals surface area contributed by atoms with E-state index in [1.807, 2.05) is 24.5 Å². The van der Waals surface area contributed by atoms with Crippen molar-refractivity contribution in [1.82, 2.24) is 9.88 Å². The lowest BCUT2D eigenvalue weighted by atomic mass is 9.89. The zero-order valence-electron chi connectivity index (χ0n) is 10.8. The molecular formula is C14H23N3O. The first-order chi connectivity index (χ1) is 8.86. The van der Waals surface area contributed by atoms with Crippen LogP contribution in [-0.4, -0.2) is 40.7 Å². The molecule has 1 aromatic heterocycles. The lowest BCUT2D eigenvalue weighted by Gasteiger charge is -2.42. The molecule has 0 bridgehead atoms. The monoisotopic (exact) mass is 249 g/mol. The third-order valence-electron chi connectivity index (χ3n) is 3.83. The molecule has 0 radical (unpaired) electrons. The van der Waals surface area contributed by atoms with Gasteiger partial charge in [-0.1, -0.05) is 6.42 Å². The Hall–Kier alpha value is -0.970. The molecule has 0 spiro atoms. The van der Waals surface area contributed by atoms with Crippen molar-refractivity contribution in [2.45, 2.75) is 37.8 Å². The van der Waals surface area contributed by atoms with Crippen molar-refractivity contribution in [3.05, 3.63) is 30.1 Å². The lowest BCUT2D eigenvalue weighted by Crippen LogP contribution is -2.45. The Morgan fingerprint density at radius 1 is 1.39 bits per heavy atom. The van der Waals surface area contributed by atoms with E-state index in [4.69, 9.17) is 10.8 Å². The zero-order chi connectivity index (χ0) is 12.8. The predicted molar refractivity (Wildman–Crippen MR) is 72.1 cm³/mol. The Kier molecular flexibility index (Phi) is 5.11. The van der Waals surface area contributed by atoms with E-state index in [1.54, 1.807) is 0 Å². The maximum Gasteiger partial charge on any atom is 0.0474 e. The molecule has 1 atom stereocenters. The second-order valence-corrected chi connectivity index (χ2v) is 4.93. The van der Waals surface area contributed by atoms with Crippen molar-refractivity contribution in [2.75, 3.05) is 19.7 Å². The van der Waals surface area contributed by atoms with Crippen molar-refractivity contribution in [1.29, 1.82) is 0 Å². The molecule has 3 N–H and O–H groups in total. The second-order valence-electron chi connectivity index (χ2n) is 4.93. The maximum atomic E-state index is 9.04. The highest BCUT2D eigenvalue weighted by molar-refractivity contribution is 5.16. The van der Waals surface area contributed by atoms with Crippen LogP contribution in [-0.2, 0) is 0 Å². The van der Waals surface area contributed by atoms with Crippen LogP contribution in [0.1, 0.15) is 37.3 Å². The molecule has 18 heavy (non-hydrogen) atoms. The highest BCUT2D eigenvalue weighted by atomic mass is 16.3. The maximum absolute atomic E-state index is 9.04. The average Bonchev–Trinajstić information content (AvgIpc) is 2.35. The molecule has 1 aromatic rings. The highest BCUT2D eigenvalue weighted by Gasteiger charge is 2.30. The van der Waals surface area contributed by atoms with E-state index in [1.165, 1.54) is 24.8 Å². The highest BCUT2D eigenvalue weighted by Crippen LogP contribution is 2.31. The lowest BCUT2D eigenvalue weighted by molar-refractivity contribution is 0.0743. The molecule has 1 fully saturated rings. The molecule has 0 aromatic carbocycles. The summed E-state index contributed by atoms with van der Waals surface area (Å²) in [6.07, 6.45) is 8.29. The number of hydrogen-bond donors (Lipinski definition) is 2. The molecule has 1 heterocycles. The minimum Gasteiger partial charge on any atom is -0.396 e. The van der Waals surface area contributed by atoms with Gasteiger partial charge in [-0.25, -0.2) is 0 Å². The molecule has 1 aliphatic carbocycles.